The molecule has 19 heavy (non-hydrogen) atoms. The summed E-state index contributed by atoms with van der Waals surface area (Å²) in [6.45, 7) is 1.69. The molecular weight excluding hydrogens is 244 g/mol. The predicted molar refractivity (Wildman–Crippen MR) is 68.7 cm³/mol. The van der Waals surface area contributed by atoms with Gasteiger partial charge in [0, 0.05) is 0 Å². The Bertz CT molecular complexity index is 655. The molecule has 0 unspecified atom stereocenters. The lowest BCUT2D eigenvalue weighted by Gasteiger charge is -2.08. The van der Waals surface area contributed by atoms with Crippen molar-refractivity contribution in [1.82, 2.24) is 9.78 Å². The Hall–Kier alpha value is -2.81. The van der Waals surface area contributed by atoms with Gasteiger partial charge in [0.1, 0.15) is 23.2 Å². The van der Waals surface area contributed by atoms with E-state index in [2.05, 4.69) is 5.10 Å². The second-order valence-corrected chi connectivity index (χ2v) is 3.92. The molecule has 1 heterocycles. The van der Waals surface area contributed by atoms with Gasteiger partial charge in [-0.15, -0.1) is 0 Å². The quantitative estimate of drug-likeness (QED) is 0.894. The van der Waals surface area contributed by atoms with E-state index in [9.17, 15) is 4.79 Å². The largest absolute Gasteiger partial charge is 0.483 e. The highest BCUT2D eigenvalue weighted by molar-refractivity contribution is 5.83. The summed E-state index contributed by atoms with van der Waals surface area (Å²) in [4.78, 5) is 11.9. The number of hydrogen-bond acceptors (Lipinski definition) is 5. The Morgan fingerprint density at radius 2 is 2.26 bits per heavy atom. The topological polar surface area (TPSA) is 93.9 Å². The van der Waals surface area contributed by atoms with Gasteiger partial charge in [0.15, 0.2) is 6.61 Å². The number of carbonyl (C=O) groups excluding carboxylic acids is 1. The Balaban J connectivity index is 2.08. The van der Waals surface area contributed by atoms with Crippen LogP contribution in [0.25, 0.3) is 0 Å². The molecule has 2 rings (SSSR count). The summed E-state index contributed by atoms with van der Waals surface area (Å²) in [5.41, 5.74) is 6.72. The maximum Gasteiger partial charge on any atom is 0.286 e. The van der Waals surface area contributed by atoms with Gasteiger partial charge in [-0.3, -0.25) is 4.79 Å². The van der Waals surface area contributed by atoms with Crippen molar-refractivity contribution in [3.8, 4) is 11.8 Å². The first-order valence-electron chi connectivity index (χ1n) is 5.58. The van der Waals surface area contributed by atoms with Crippen LogP contribution in [-0.2, 0) is 0 Å². The highest BCUT2D eigenvalue weighted by Gasteiger charge is 2.14. The number of para-hydroxylation sites is 1. The van der Waals surface area contributed by atoms with Gasteiger partial charge in [0.05, 0.1) is 6.20 Å². The number of nitriles is 1. The minimum Gasteiger partial charge on any atom is -0.483 e. The summed E-state index contributed by atoms with van der Waals surface area (Å²) in [7, 11) is 0. The molecule has 0 aliphatic carbocycles. The molecular formula is C13H12N4O2. The monoisotopic (exact) mass is 256 g/mol. The van der Waals surface area contributed by atoms with Gasteiger partial charge in [-0.1, -0.05) is 18.2 Å². The number of ether oxygens (including phenoxy) is 1. The molecule has 0 bridgehead atoms. The highest BCUT2D eigenvalue weighted by atomic mass is 16.5. The molecule has 96 valence electrons. The SMILES string of the molecule is Cc1ccccc1OCC(=O)n1ncc(C#N)c1N. The van der Waals surface area contributed by atoms with Crippen molar-refractivity contribution in [2.45, 2.75) is 6.92 Å². The van der Waals surface area contributed by atoms with Gasteiger partial charge in [-0.05, 0) is 18.6 Å². The minimum atomic E-state index is -0.428. The van der Waals surface area contributed by atoms with Crippen LogP contribution in [0.1, 0.15) is 15.9 Å². The summed E-state index contributed by atoms with van der Waals surface area (Å²) < 4.78 is 6.37. The van der Waals surface area contributed by atoms with E-state index in [-0.39, 0.29) is 18.0 Å². The average molecular weight is 256 g/mol. The van der Waals surface area contributed by atoms with Crippen LogP contribution in [-0.4, -0.2) is 22.3 Å². The molecule has 6 nitrogen and oxygen atoms in total. The van der Waals surface area contributed by atoms with Crippen LogP contribution in [0.3, 0.4) is 0 Å². The van der Waals surface area contributed by atoms with E-state index in [1.165, 1.54) is 6.20 Å². The van der Waals surface area contributed by atoms with Crippen molar-refractivity contribution in [2.75, 3.05) is 12.3 Å². The maximum atomic E-state index is 11.9. The normalized spacial score (nSPS) is 9.89. The number of nitrogen functional groups attached to an aromatic ring is 1. The molecule has 1 aromatic carbocycles. The lowest BCUT2D eigenvalue weighted by atomic mass is 10.2. The number of hydrogen-bond donors (Lipinski definition) is 1. The fraction of sp³-hybridized carbons (Fsp3) is 0.154. The van der Waals surface area contributed by atoms with Crippen LogP contribution < -0.4 is 10.5 Å². The molecule has 0 aliphatic heterocycles. The fourth-order valence-corrected chi connectivity index (χ4v) is 1.56. The van der Waals surface area contributed by atoms with Crippen LogP contribution in [0.4, 0.5) is 5.82 Å². The van der Waals surface area contributed by atoms with Crippen LogP contribution in [0.2, 0.25) is 0 Å². The molecule has 0 fully saturated rings. The molecule has 1 aromatic heterocycles. The molecule has 2 aromatic rings. The molecule has 0 aliphatic rings. The van der Waals surface area contributed by atoms with E-state index in [0.717, 1.165) is 10.2 Å². The first kappa shape index (κ1) is 12.6. The molecule has 0 spiro atoms. The number of aryl methyl sites for hydroxylation is 1. The highest BCUT2D eigenvalue weighted by Crippen LogP contribution is 2.16. The van der Waals surface area contributed by atoms with Crippen molar-refractivity contribution in [2.24, 2.45) is 0 Å². The molecule has 0 amide bonds. The molecule has 6 heteroatoms. The fourth-order valence-electron chi connectivity index (χ4n) is 1.56. The maximum absolute atomic E-state index is 11.9. The number of nitrogens with two attached hydrogens (primary N) is 1. The molecule has 0 atom stereocenters. The zero-order valence-corrected chi connectivity index (χ0v) is 10.3. The Kier molecular flexibility index (Phi) is 3.48. The van der Waals surface area contributed by atoms with Crippen LogP contribution >= 0.6 is 0 Å². The zero-order chi connectivity index (χ0) is 13.8. The van der Waals surface area contributed by atoms with Crippen LogP contribution in [0, 0.1) is 18.3 Å². The Morgan fingerprint density at radius 3 is 2.89 bits per heavy atom. The van der Waals surface area contributed by atoms with Crippen LogP contribution in [0.5, 0.6) is 5.75 Å². The van der Waals surface area contributed by atoms with Gasteiger partial charge < -0.3 is 10.5 Å². The lowest BCUT2D eigenvalue weighted by Crippen LogP contribution is -2.22. The zero-order valence-electron chi connectivity index (χ0n) is 10.3. The summed E-state index contributed by atoms with van der Waals surface area (Å²) in [5, 5.41) is 12.5. The smallest absolute Gasteiger partial charge is 0.286 e. The average Bonchev–Trinajstić information content (AvgIpc) is 2.78. The lowest BCUT2D eigenvalue weighted by molar-refractivity contribution is 0.0824. The second kappa shape index (κ2) is 5.23. The Labute approximate surface area is 110 Å². The van der Waals surface area contributed by atoms with E-state index in [4.69, 9.17) is 15.7 Å². The third kappa shape index (κ3) is 2.55. The van der Waals surface area contributed by atoms with Gasteiger partial charge >= 0.3 is 0 Å². The molecule has 0 radical (unpaired) electrons. The third-order valence-corrected chi connectivity index (χ3v) is 2.61. The summed E-state index contributed by atoms with van der Waals surface area (Å²) in [6, 6.07) is 9.22. The number of nitrogens with zero attached hydrogens (tertiary/aromatic N) is 3. The first-order chi connectivity index (χ1) is 9.13. The number of carbonyl (C=O) groups is 1. The van der Waals surface area contributed by atoms with E-state index < -0.39 is 5.91 Å². The van der Waals surface area contributed by atoms with Gasteiger partial charge in [0.2, 0.25) is 0 Å². The molecule has 0 saturated heterocycles. The van der Waals surface area contributed by atoms with Gasteiger partial charge in [-0.25, -0.2) is 0 Å². The van der Waals surface area contributed by atoms with E-state index in [1.54, 1.807) is 6.07 Å². The van der Waals surface area contributed by atoms with Gasteiger partial charge in [0.25, 0.3) is 5.91 Å². The summed E-state index contributed by atoms with van der Waals surface area (Å²) in [5.74, 6) is 0.227. The van der Waals surface area contributed by atoms with Crippen LogP contribution in [0.15, 0.2) is 30.5 Å². The van der Waals surface area contributed by atoms with E-state index in [1.807, 2.05) is 31.2 Å². The number of rotatable bonds is 3. The summed E-state index contributed by atoms with van der Waals surface area (Å²) >= 11 is 0. The number of aromatic nitrogens is 2. The van der Waals surface area contributed by atoms with Crippen molar-refractivity contribution in [1.29, 1.82) is 5.26 Å². The Morgan fingerprint density at radius 1 is 1.53 bits per heavy atom. The predicted octanol–water partition coefficient (Wildman–Crippen LogP) is 1.36. The third-order valence-electron chi connectivity index (χ3n) is 2.61. The van der Waals surface area contributed by atoms with Crippen molar-refractivity contribution < 1.29 is 9.53 Å². The van der Waals surface area contributed by atoms with Gasteiger partial charge in [-0.2, -0.15) is 15.0 Å². The molecule has 0 saturated carbocycles. The van der Waals surface area contributed by atoms with E-state index in [0.29, 0.717) is 5.75 Å². The summed E-state index contributed by atoms with van der Waals surface area (Å²) in [6.07, 6.45) is 1.25. The first-order valence-corrected chi connectivity index (χ1v) is 5.58. The van der Waals surface area contributed by atoms with E-state index >= 15 is 0 Å². The second-order valence-electron chi connectivity index (χ2n) is 3.92. The minimum absolute atomic E-state index is 0.0286. The standard InChI is InChI=1S/C13H12N4O2/c1-9-4-2-3-5-11(9)19-8-12(18)17-13(15)10(6-14)7-16-17/h2-5,7H,8,15H2,1H3. The number of anilines is 1. The number of benzene rings is 1. The van der Waals surface area contributed by atoms with Crippen molar-refractivity contribution >= 4 is 11.7 Å². The van der Waals surface area contributed by atoms with Crippen molar-refractivity contribution in [3.63, 3.8) is 0 Å². The molecule has 2 N–H and O–H groups in total. The van der Waals surface area contributed by atoms with Crippen molar-refractivity contribution in [3.05, 3.63) is 41.6 Å².